The van der Waals surface area contributed by atoms with Gasteiger partial charge in [-0.05, 0) is 169 Å². The number of rotatable bonds is 8. The van der Waals surface area contributed by atoms with Crippen molar-refractivity contribution < 1.29 is 0 Å². The summed E-state index contributed by atoms with van der Waals surface area (Å²) in [5.41, 5.74) is 10.0. The first kappa shape index (κ1) is 33.6. The smallest absolute Gasteiger partial charge is 0.138 e. The van der Waals surface area contributed by atoms with Crippen LogP contribution in [0.5, 0.6) is 0 Å². The van der Waals surface area contributed by atoms with E-state index in [-0.39, 0.29) is 6.17 Å². The molecule has 0 spiro atoms. The van der Waals surface area contributed by atoms with Crippen molar-refractivity contribution in [3.8, 4) is 0 Å². The summed E-state index contributed by atoms with van der Waals surface area (Å²) in [7, 11) is 0. The summed E-state index contributed by atoms with van der Waals surface area (Å²) in [4.78, 5) is 19.4. The first-order valence-electron chi connectivity index (χ1n) is 20.0. The molecular formula is C47H50N6. The molecule has 9 rings (SSSR count). The van der Waals surface area contributed by atoms with Crippen LogP contribution in [0.4, 0.5) is 23.1 Å². The quantitative estimate of drug-likeness (QED) is 0.174. The van der Waals surface area contributed by atoms with Gasteiger partial charge in [-0.3, -0.25) is 4.90 Å². The van der Waals surface area contributed by atoms with Crippen LogP contribution < -0.4 is 15.1 Å². The van der Waals surface area contributed by atoms with Gasteiger partial charge < -0.3 is 10.2 Å². The van der Waals surface area contributed by atoms with E-state index in [1.165, 1.54) is 91.8 Å². The van der Waals surface area contributed by atoms with E-state index in [1.807, 2.05) is 36.8 Å². The summed E-state index contributed by atoms with van der Waals surface area (Å²) in [6.45, 7) is 2.29. The number of allylic oxidation sites excluding steroid dienone is 3. The number of aromatic nitrogens is 3. The predicted octanol–water partition coefficient (Wildman–Crippen LogP) is 11.7. The van der Waals surface area contributed by atoms with Crippen molar-refractivity contribution in [2.45, 2.75) is 102 Å². The number of nitrogens with one attached hydrogen (secondary N) is 1. The lowest BCUT2D eigenvalue weighted by atomic mass is 9.71. The number of anilines is 4. The summed E-state index contributed by atoms with van der Waals surface area (Å²) in [6.07, 6.45) is 31.8. The molecule has 53 heavy (non-hydrogen) atoms. The highest BCUT2D eigenvalue weighted by molar-refractivity contribution is 5.99. The summed E-state index contributed by atoms with van der Waals surface area (Å²) in [5, 5.41) is 6.54. The molecule has 1 unspecified atom stereocenters. The molecule has 4 heterocycles. The highest BCUT2D eigenvalue weighted by Crippen LogP contribution is 2.50. The van der Waals surface area contributed by atoms with Crippen LogP contribution in [-0.4, -0.2) is 21.1 Å². The number of dihydropyridines is 1. The summed E-state index contributed by atoms with van der Waals surface area (Å²) < 4.78 is 0. The Morgan fingerprint density at radius 2 is 1.25 bits per heavy atom. The minimum atomic E-state index is -0.00124. The summed E-state index contributed by atoms with van der Waals surface area (Å²) in [6, 6.07) is 23.7. The third-order valence-corrected chi connectivity index (χ3v) is 12.1. The van der Waals surface area contributed by atoms with Gasteiger partial charge in [0.1, 0.15) is 23.6 Å². The van der Waals surface area contributed by atoms with E-state index < -0.39 is 0 Å². The minimum Gasteiger partial charge on any atom is -0.368 e. The lowest BCUT2D eigenvalue weighted by Gasteiger charge is -2.38. The molecular weight excluding hydrogens is 649 g/mol. The number of hydrogen-bond acceptors (Lipinski definition) is 6. The number of nitrogens with zero attached hydrogens (tertiary/aromatic N) is 5. The minimum absolute atomic E-state index is 0.00124. The van der Waals surface area contributed by atoms with E-state index >= 15 is 0 Å². The number of hydrogen-bond donors (Lipinski definition) is 1. The van der Waals surface area contributed by atoms with Gasteiger partial charge in [0, 0.05) is 24.3 Å². The van der Waals surface area contributed by atoms with Gasteiger partial charge in [-0.1, -0.05) is 62.8 Å². The van der Waals surface area contributed by atoms with Gasteiger partial charge in [0.15, 0.2) is 0 Å². The van der Waals surface area contributed by atoms with Gasteiger partial charge in [-0.2, -0.15) is 0 Å². The third kappa shape index (κ3) is 6.53. The first-order valence-corrected chi connectivity index (χ1v) is 20.0. The van der Waals surface area contributed by atoms with Crippen molar-refractivity contribution in [1.82, 2.24) is 20.3 Å². The maximum atomic E-state index is 4.91. The van der Waals surface area contributed by atoms with Crippen LogP contribution in [0, 0.1) is 6.92 Å². The van der Waals surface area contributed by atoms with E-state index in [0.29, 0.717) is 11.8 Å². The van der Waals surface area contributed by atoms with Crippen molar-refractivity contribution in [2.75, 3.05) is 9.80 Å². The zero-order valence-electron chi connectivity index (χ0n) is 30.9. The number of pyridine rings is 3. The summed E-state index contributed by atoms with van der Waals surface area (Å²) in [5.74, 6) is 3.85. The molecule has 3 aliphatic carbocycles. The number of aryl methyl sites for hydroxylation is 1. The van der Waals surface area contributed by atoms with E-state index in [2.05, 4.69) is 101 Å². The van der Waals surface area contributed by atoms with Crippen LogP contribution in [0.1, 0.15) is 110 Å². The highest BCUT2D eigenvalue weighted by atomic mass is 15.3. The zero-order chi connectivity index (χ0) is 35.6. The van der Waals surface area contributed by atoms with Crippen molar-refractivity contribution in [2.24, 2.45) is 0 Å². The molecule has 2 aromatic carbocycles. The second-order valence-corrected chi connectivity index (χ2v) is 15.3. The van der Waals surface area contributed by atoms with Crippen LogP contribution in [0.25, 0.3) is 16.8 Å². The van der Waals surface area contributed by atoms with Gasteiger partial charge in [0.25, 0.3) is 0 Å². The normalized spacial score (nSPS) is 19.0. The molecule has 2 fully saturated rings. The fraction of sp³-hybridized carbons (Fsp3) is 0.340. The molecule has 1 aliphatic heterocycles. The topological polar surface area (TPSA) is 57.2 Å². The molecule has 1 atom stereocenters. The highest BCUT2D eigenvalue weighted by Gasteiger charge is 2.33. The molecule has 0 saturated heterocycles. The average molecular weight is 699 g/mol. The molecule has 4 aliphatic rings. The van der Waals surface area contributed by atoms with Crippen molar-refractivity contribution in [3.05, 3.63) is 143 Å². The Morgan fingerprint density at radius 3 is 1.83 bits per heavy atom. The third-order valence-electron chi connectivity index (χ3n) is 12.1. The Bertz CT molecular complexity index is 2100. The van der Waals surface area contributed by atoms with Crippen LogP contribution in [-0.2, 0) is 6.42 Å². The predicted molar refractivity (Wildman–Crippen MR) is 219 cm³/mol. The number of fused-ring (bicyclic) bond motifs is 2. The van der Waals surface area contributed by atoms with Gasteiger partial charge >= 0.3 is 0 Å². The fourth-order valence-electron chi connectivity index (χ4n) is 9.70. The van der Waals surface area contributed by atoms with Gasteiger partial charge in [-0.15, -0.1) is 0 Å². The zero-order valence-corrected chi connectivity index (χ0v) is 30.9. The number of benzene rings is 2. The second kappa shape index (κ2) is 15.0. The molecule has 6 nitrogen and oxygen atoms in total. The summed E-state index contributed by atoms with van der Waals surface area (Å²) >= 11 is 0. The Labute approximate surface area is 314 Å². The standard InChI is InChI=1S/C47H50N6/c1-33-30-38-40(32-41(33)53(44-22-10-14-28-50-44)45-23-11-15-29-51-45)47(35-18-6-3-7-19-35)39-31-36(24-25-37(39)46(38)34-16-4-2-5-17-34)52(42-20-8-12-26-48-42)43-21-9-13-27-49-43/h8-15,20-23,26-32,34-35,42,48H,2-7,16-19,24-25H2,1H3. The molecule has 1 N–H and O–H groups in total. The van der Waals surface area contributed by atoms with Gasteiger partial charge in [0.05, 0.1) is 5.69 Å². The second-order valence-electron chi connectivity index (χ2n) is 15.3. The molecule has 0 bridgehead atoms. The van der Waals surface area contributed by atoms with Crippen LogP contribution in [0.2, 0.25) is 0 Å². The Balaban J connectivity index is 1.32. The van der Waals surface area contributed by atoms with Crippen LogP contribution in [0.3, 0.4) is 0 Å². The van der Waals surface area contributed by atoms with Crippen molar-refractivity contribution in [3.63, 3.8) is 0 Å². The SMILES string of the molecule is Cc1cc2c(C3CCCCC3)c3c(c(C4CCCCC4)c2cc1N(c1ccccn1)c1ccccn1)C=C(N(c1ccccn1)C1C=CC=CN1)CC3. The van der Waals surface area contributed by atoms with E-state index in [0.717, 1.165) is 36.0 Å². The van der Waals surface area contributed by atoms with Gasteiger partial charge in [-0.25, -0.2) is 15.0 Å². The maximum Gasteiger partial charge on any atom is 0.138 e. The molecule has 3 aromatic heterocycles. The molecule has 5 aromatic rings. The first-order chi connectivity index (χ1) is 26.2. The Morgan fingerprint density at radius 1 is 0.642 bits per heavy atom. The van der Waals surface area contributed by atoms with E-state index in [9.17, 15) is 0 Å². The Hall–Kier alpha value is -5.23. The largest absolute Gasteiger partial charge is 0.368 e. The maximum absolute atomic E-state index is 4.91. The monoisotopic (exact) mass is 698 g/mol. The molecule has 6 heteroatoms. The van der Waals surface area contributed by atoms with Crippen molar-refractivity contribution >= 4 is 40.0 Å². The van der Waals surface area contributed by atoms with E-state index in [1.54, 1.807) is 16.7 Å². The lowest BCUT2D eigenvalue weighted by Crippen LogP contribution is -2.43. The van der Waals surface area contributed by atoms with Crippen LogP contribution in [0.15, 0.2) is 115 Å². The molecule has 0 radical (unpaired) electrons. The lowest BCUT2D eigenvalue weighted by molar-refractivity contribution is 0.439. The fourth-order valence-corrected chi connectivity index (χ4v) is 9.70. The molecule has 268 valence electrons. The molecule has 0 amide bonds. The Kier molecular flexibility index (Phi) is 9.52. The van der Waals surface area contributed by atoms with Crippen molar-refractivity contribution in [1.29, 1.82) is 0 Å². The van der Waals surface area contributed by atoms with Crippen LogP contribution >= 0.6 is 0 Å². The van der Waals surface area contributed by atoms with Gasteiger partial charge in [0.2, 0.25) is 0 Å². The van der Waals surface area contributed by atoms with E-state index in [4.69, 9.17) is 15.0 Å². The molecule has 2 saturated carbocycles. The average Bonchev–Trinajstić information content (AvgIpc) is 3.23.